The van der Waals surface area contributed by atoms with E-state index >= 15 is 0 Å². The molecule has 1 aromatic heterocycles. The molecule has 18 heavy (non-hydrogen) atoms. The summed E-state index contributed by atoms with van der Waals surface area (Å²) in [6.07, 6.45) is 5.61. The van der Waals surface area contributed by atoms with E-state index in [0.717, 1.165) is 0 Å². The minimum Gasteiger partial charge on any atom is -0.268 e. The highest BCUT2D eigenvalue weighted by Crippen LogP contribution is 2.25. The van der Waals surface area contributed by atoms with Gasteiger partial charge in [0.2, 0.25) is 0 Å². The van der Waals surface area contributed by atoms with Crippen LogP contribution in [0, 0.1) is 0 Å². The zero-order valence-electron chi connectivity index (χ0n) is 9.05. The first-order valence-electron chi connectivity index (χ1n) is 4.94. The van der Waals surface area contributed by atoms with E-state index in [2.05, 4.69) is 15.6 Å². The number of nitrogens with zero attached hydrogens (tertiary/aromatic N) is 3. The van der Waals surface area contributed by atoms with Crippen molar-refractivity contribution in [1.29, 1.82) is 0 Å². The first-order valence-corrected chi connectivity index (χ1v) is 5.70. The van der Waals surface area contributed by atoms with Crippen LogP contribution >= 0.6 is 23.2 Å². The Morgan fingerprint density at radius 2 is 1.83 bits per heavy atom. The SMILES string of the molecule is O=C(C=Cc1c(Cl)cccc1Cl)Nn1cnnc1. The van der Waals surface area contributed by atoms with Crippen LogP contribution in [0.25, 0.3) is 6.08 Å². The lowest BCUT2D eigenvalue weighted by atomic mass is 10.2. The third kappa shape index (κ3) is 3.09. The van der Waals surface area contributed by atoms with Crippen molar-refractivity contribution in [1.82, 2.24) is 14.9 Å². The van der Waals surface area contributed by atoms with Crippen molar-refractivity contribution in [2.24, 2.45) is 0 Å². The molecule has 0 radical (unpaired) electrons. The summed E-state index contributed by atoms with van der Waals surface area (Å²) in [6, 6.07) is 5.13. The molecular weight excluding hydrogens is 275 g/mol. The number of carbonyl (C=O) groups excluding carboxylic acids is 1. The zero-order valence-corrected chi connectivity index (χ0v) is 10.6. The Labute approximate surface area is 113 Å². The normalized spacial score (nSPS) is 10.8. The van der Waals surface area contributed by atoms with Gasteiger partial charge in [0, 0.05) is 21.7 Å². The average molecular weight is 283 g/mol. The van der Waals surface area contributed by atoms with Gasteiger partial charge >= 0.3 is 0 Å². The molecule has 0 fully saturated rings. The number of amides is 1. The van der Waals surface area contributed by atoms with Gasteiger partial charge in [-0.2, -0.15) is 0 Å². The van der Waals surface area contributed by atoms with Gasteiger partial charge in [0.25, 0.3) is 5.91 Å². The van der Waals surface area contributed by atoms with Gasteiger partial charge in [-0.05, 0) is 18.2 Å². The van der Waals surface area contributed by atoms with E-state index < -0.39 is 0 Å². The van der Waals surface area contributed by atoms with Crippen molar-refractivity contribution in [3.8, 4) is 0 Å². The van der Waals surface area contributed by atoms with Crippen molar-refractivity contribution in [2.45, 2.75) is 0 Å². The number of nitrogens with one attached hydrogen (secondary N) is 1. The molecule has 1 amide bonds. The third-order valence-electron chi connectivity index (χ3n) is 2.06. The first-order chi connectivity index (χ1) is 8.66. The van der Waals surface area contributed by atoms with Crippen molar-refractivity contribution in [2.75, 3.05) is 5.43 Å². The molecule has 0 saturated carbocycles. The highest BCUT2D eigenvalue weighted by atomic mass is 35.5. The van der Waals surface area contributed by atoms with Gasteiger partial charge < -0.3 is 0 Å². The molecule has 5 nitrogen and oxygen atoms in total. The Morgan fingerprint density at radius 3 is 2.44 bits per heavy atom. The van der Waals surface area contributed by atoms with E-state index in [1.54, 1.807) is 24.3 Å². The lowest BCUT2D eigenvalue weighted by molar-refractivity contribution is -0.112. The summed E-state index contributed by atoms with van der Waals surface area (Å²) < 4.78 is 1.33. The summed E-state index contributed by atoms with van der Waals surface area (Å²) in [4.78, 5) is 11.5. The fourth-order valence-electron chi connectivity index (χ4n) is 1.25. The summed E-state index contributed by atoms with van der Waals surface area (Å²) >= 11 is 11.9. The van der Waals surface area contributed by atoms with Gasteiger partial charge in [0.15, 0.2) is 0 Å². The standard InChI is InChI=1S/C11H8Cl2N4O/c12-9-2-1-3-10(13)8(9)4-5-11(18)16-17-6-14-15-7-17/h1-7H,(H,16,18). The molecule has 1 N–H and O–H groups in total. The van der Waals surface area contributed by atoms with Gasteiger partial charge in [-0.15, -0.1) is 10.2 Å². The molecule has 0 saturated heterocycles. The fraction of sp³-hybridized carbons (Fsp3) is 0. The van der Waals surface area contributed by atoms with Crippen LogP contribution in [0.5, 0.6) is 0 Å². The van der Waals surface area contributed by atoms with Crippen LogP contribution in [0.3, 0.4) is 0 Å². The van der Waals surface area contributed by atoms with Gasteiger partial charge in [-0.25, -0.2) is 4.68 Å². The summed E-state index contributed by atoms with van der Waals surface area (Å²) in [5, 5.41) is 8.07. The van der Waals surface area contributed by atoms with E-state index in [0.29, 0.717) is 15.6 Å². The summed E-state index contributed by atoms with van der Waals surface area (Å²) in [6.45, 7) is 0. The number of hydrogen-bond acceptors (Lipinski definition) is 3. The Bertz CT molecular complexity index is 560. The quantitative estimate of drug-likeness (QED) is 0.880. The van der Waals surface area contributed by atoms with Crippen molar-refractivity contribution < 1.29 is 4.79 Å². The molecule has 1 heterocycles. The van der Waals surface area contributed by atoms with Gasteiger partial charge in [0.05, 0.1) is 0 Å². The number of halogens is 2. The average Bonchev–Trinajstić information content (AvgIpc) is 2.81. The van der Waals surface area contributed by atoms with Gasteiger partial charge in [-0.3, -0.25) is 10.2 Å². The predicted molar refractivity (Wildman–Crippen MR) is 69.9 cm³/mol. The molecule has 0 aliphatic heterocycles. The van der Waals surface area contributed by atoms with Crippen LogP contribution < -0.4 is 5.43 Å². The van der Waals surface area contributed by atoms with E-state index in [9.17, 15) is 4.79 Å². The Balaban J connectivity index is 2.09. The van der Waals surface area contributed by atoms with Gasteiger partial charge in [-0.1, -0.05) is 29.3 Å². The zero-order chi connectivity index (χ0) is 13.0. The number of rotatable bonds is 3. The van der Waals surface area contributed by atoms with Crippen molar-refractivity contribution in [3.05, 3.63) is 52.5 Å². The van der Waals surface area contributed by atoms with E-state index in [4.69, 9.17) is 23.2 Å². The molecule has 7 heteroatoms. The molecule has 1 aromatic carbocycles. The molecule has 0 unspecified atom stereocenters. The predicted octanol–water partition coefficient (Wildman–Crippen LogP) is 2.37. The maximum Gasteiger partial charge on any atom is 0.262 e. The van der Waals surface area contributed by atoms with Gasteiger partial charge in [0.1, 0.15) is 12.7 Å². The van der Waals surface area contributed by atoms with E-state index in [1.165, 1.54) is 23.4 Å². The molecule has 0 atom stereocenters. The van der Waals surface area contributed by atoms with Crippen LogP contribution in [0.4, 0.5) is 0 Å². The second-order valence-corrected chi connectivity index (χ2v) is 4.13. The molecule has 2 rings (SSSR count). The molecule has 0 aliphatic carbocycles. The van der Waals surface area contributed by atoms with E-state index in [-0.39, 0.29) is 5.91 Å². The Hall–Kier alpha value is -1.85. The van der Waals surface area contributed by atoms with Crippen molar-refractivity contribution >= 4 is 35.2 Å². The van der Waals surface area contributed by atoms with Crippen LogP contribution in [0.15, 0.2) is 36.9 Å². The molecule has 0 bridgehead atoms. The minimum absolute atomic E-state index is 0.342. The summed E-state index contributed by atoms with van der Waals surface area (Å²) in [5.41, 5.74) is 3.11. The molecule has 0 spiro atoms. The minimum atomic E-state index is -0.342. The Kier molecular flexibility index (Phi) is 3.96. The molecule has 2 aromatic rings. The Morgan fingerprint density at radius 1 is 1.22 bits per heavy atom. The number of carbonyl (C=O) groups is 1. The monoisotopic (exact) mass is 282 g/mol. The summed E-state index contributed by atoms with van der Waals surface area (Å²) in [5.74, 6) is -0.342. The fourth-order valence-corrected chi connectivity index (χ4v) is 1.78. The highest BCUT2D eigenvalue weighted by molar-refractivity contribution is 6.37. The number of hydrogen-bond donors (Lipinski definition) is 1. The van der Waals surface area contributed by atoms with Crippen LogP contribution in [0.2, 0.25) is 10.0 Å². The molecule has 0 aliphatic rings. The lowest BCUT2D eigenvalue weighted by Crippen LogP contribution is -2.18. The number of aromatic nitrogens is 3. The second-order valence-electron chi connectivity index (χ2n) is 3.31. The second kappa shape index (κ2) is 5.66. The molecule has 92 valence electrons. The highest BCUT2D eigenvalue weighted by Gasteiger charge is 2.02. The topological polar surface area (TPSA) is 59.8 Å². The molecular formula is C11H8Cl2N4O. The maximum absolute atomic E-state index is 11.5. The lowest BCUT2D eigenvalue weighted by Gasteiger charge is -2.02. The number of benzene rings is 1. The summed E-state index contributed by atoms with van der Waals surface area (Å²) in [7, 11) is 0. The largest absolute Gasteiger partial charge is 0.268 e. The van der Waals surface area contributed by atoms with Crippen molar-refractivity contribution in [3.63, 3.8) is 0 Å². The smallest absolute Gasteiger partial charge is 0.262 e. The van der Waals surface area contributed by atoms with Crippen LogP contribution in [-0.4, -0.2) is 20.8 Å². The van der Waals surface area contributed by atoms with Crippen LogP contribution in [-0.2, 0) is 4.79 Å². The van der Waals surface area contributed by atoms with E-state index in [1.807, 2.05) is 0 Å². The third-order valence-corrected chi connectivity index (χ3v) is 2.72. The first kappa shape index (κ1) is 12.6. The maximum atomic E-state index is 11.5. The van der Waals surface area contributed by atoms with Crippen LogP contribution in [0.1, 0.15) is 5.56 Å².